The maximum atomic E-state index is 13.1. The summed E-state index contributed by atoms with van der Waals surface area (Å²) in [7, 11) is 1.07. The fraction of sp³-hybridized carbons (Fsp3) is 0.375. The lowest BCUT2D eigenvalue weighted by Gasteiger charge is -2.41. The number of carbonyl (C=O) groups is 2. The number of hydrogen-bond donors (Lipinski definition) is 0. The van der Waals surface area contributed by atoms with E-state index in [4.69, 9.17) is 0 Å². The Morgan fingerprint density at radius 2 is 1.92 bits per heavy atom. The van der Waals surface area contributed by atoms with Crippen molar-refractivity contribution in [2.24, 2.45) is 5.92 Å². The molecule has 0 saturated carbocycles. The molecule has 0 aliphatic carbocycles. The minimum atomic E-state index is -5.10. The molecule has 0 spiro atoms. The normalized spacial score (nSPS) is 23.9. The Labute approximate surface area is 145 Å². The molecule has 0 saturated heterocycles. The Kier molecular flexibility index (Phi) is 5.37. The van der Waals surface area contributed by atoms with Crippen LogP contribution in [-0.4, -0.2) is 36.1 Å². The minimum absolute atomic E-state index is 0.411. The molecule has 4 nitrogen and oxygen atoms in total. The lowest BCUT2D eigenvalue weighted by molar-refractivity contribution is -0.193. The molecule has 0 N–H and O–H groups in total. The lowest BCUT2D eigenvalue weighted by Crippen LogP contribution is -2.54. The summed E-state index contributed by atoms with van der Waals surface area (Å²) in [6.07, 6.45) is -2.20. The van der Waals surface area contributed by atoms with Crippen molar-refractivity contribution >= 4 is 27.8 Å². The fourth-order valence-corrected chi connectivity index (χ4v) is 3.19. The summed E-state index contributed by atoms with van der Waals surface area (Å²) in [6, 6.07) is 4.27. The second kappa shape index (κ2) is 6.96. The highest BCUT2D eigenvalue weighted by atomic mass is 79.9. The van der Waals surface area contributed by atoms with Gasteiger partial charge in [-0.3, -0.25) is 4.79 Å². The molecule has 1 aliphatic heterocycles. The molecule has 0 unspecified atom stereocenters. The number of ether oxygens (including phenoxy) is 1. The van der Waals surface area contributed by atoms with Crippen molar-refractivity contribution in [3.8, 4) is 0 Å². The first-order valence-electron chi connectivity index (χ1n) is 7.08. The average molecular weight is 406 g/mol. The van der Waals surface area contributed by atoms with Crippen LogP contribution < -0.4 is 0 Å². The maximum Gasteiger partial charge on any atom is 0.471 e. The van der Waals surface area contributed by atoms with Gasteiger partial charge in [0, 0.05) is 4.47 Å². The molecule has 1 aliphatic rings. The van der Waals surface area contributed by atoms with Gasteiger partial charge in [-0.15, -0.1) is 0 Å². The van der Waals surface area contributed by atoms with Crippen molar-refractivity contribution in [2.45, 2.75) is 25.2 Å². The van der Waals surface area contributed by atoms with Gasteiger partial charge in [0.15, 0.2) is 0 Å². The largest absolute Gasteiger partial charge is 0.471 e. The quantitative estimate of drug-likeness (QED) is 0.557. The van der Waals surface area contributed by atoms with Gasteiger partial charge in [-0.05, 0) is 23.6 Å². The highest BCUT2D eigenvalue weighted by Gasteiger charge is 2.50. The van der Waals surface area contributed by atoms with Crippen molar-refractivity contribution in [1.29, 1.82) is 0 Å². The van der Waals surface area contributed by atoms with E-state index < -0.39 is 36.1 Å². The minimum Gasteiger partial charge on any atom is -0.467 e. The van der Waals surface area contributed by atoms with Gasteiger partial charge in [0.05, 0.1) is 13.2 Å². The molecular weight excluding hydrogens is 391 g/mol. The standard InChI is InChI=1S/C16H15BrF3NO3/c1-9-6-7-12(14(22)24-2)21(15(23)16(18,19)20)13(9)10-4-3-5-11(17)8-10/h3-9,12-13H,1-2H3/t9-,12-,13-/m0/s1. The number of halogens is 4. The van der Waals surface area contributed by atoms with Gasteiger partial charge in [0.25, 0.3) is 0 Å². The van der Waals surface area contributed by atoms with Crippen LogP contribution in [0, 0.1) is 5.92 Å². The predicted octanol–water partition coefficient (Wildman–Crippen LogP) is 3.63. The molecule has 130 valence electrons. The highest BCUT2D eigenvalue weighted by molar-refractivity contribution is 9.10. The van der Waals surface area contributed by atoms with Gasteiger partial charge in [-0.25, -0.2) is 4.79 Å². The second-order valence-electron chi connectivity index (χ2n) is 5.42. The smallest absolute Gasteiger partial charge is 0.467 e. The van der Waals surface area contributed by atoms with Crippen LogP contribution >= 0.6 is 15.9 Å². The van der Waals surface area contributed by atoms with Crippen molar-refractivity contribution in [3.63, 3.8) is 0 Å². The number of hydrogen-bond acceptors (Lipinski definition) is 3. The van der Waals surface area contributed by atoms with E-state index in [2.05, 4.69) is 20.7 Å². The van der Waals surface area contributed by atoms with Crippen LogP contribution in [0.15, 0.2) is 40.9 Å². The number of alkyl halides is 3. The molecule has 1 heterocycles. The number of rotatable bonds is 2. The van der Waals surface area contributed by atoms with E-state index in [1.54, 1.807) is 37.3 Å². The topological polar surface area (TPSA) is 46.6 Å². The summed E-state index contributed by atoms with van der Waals surface area (Å²) in [6.45, 7) is 1.69. The summed E-state index contributed by atoms with van der Waals surface area (Å²) in [5.41, 5.74) is 0.493. The molecule has 0 radical (unpaired) electrons. The summed E-state index contributed by atoms with van der Waals surface area (Å²) in [5, 5.41) is 0. The molecule has 3 atom stereocenters. The summed E-state index contributed by atoms with van der Waals surface area (Å²) in [4.78, 5) is 24.5. The van der Waals surface area contributed by atoms with E-state index in [0.29, 0.717) is 14.9 Å². The van der Waals surface area contributed by atoms with Crippen LogP contribution in [0.4, 0.5) is 13.2 Å². The molecule has 0 bridgehead atoms. The number of esters is 1. The van der Waals surface area contributed by atoms with Gasteiger partial charge < -0.3 is 9.64 Å². The van der Waals surface area contributed by atoms with Crippen molar-refractivity contribution < 1.29 is 27.5 Å². The maximum absolute atomic E-state index is 13.1. The van der Waals surface area contributed by atoms with Crippen molar-refractivity contribution in [2.75, 3.05) is 7.11 Å². The molecule has 8 heteroatoms. The van der Waals surface area contributed by atoms with Crippen LogP contribution in [0.3, 0.4) is 0 Å². The predicted molar refractivity (Wildman–Crippen MR) is 83.9 cm³/mol. The number of methoxy groups -OCH3 is 1. The fourth-order valence-electron chi connectivity index (χ4n) is 2.77. The van der Waals surface area contributed by atoms with E-state index in [9.17, 15) is 22.8 Å². The third-order valence-corrected chi connectivity index (χ3v) is 4.30. The van der Waals surface area contributed by atoms with Gasteiger partial charge in [0.1, 0.15) is 6.04 Å². The molecule has 1 amide bonds. The van der Waals surface area contributed by atoms with Crippen LogP contribution in [0.2, 0.25) is 0 Å². The van der Waals surface area contributed by atoms with Gasteiger partial charge in [-0.1, -0.05) is 47.1 Å². The number of nitrogens with zero attached hydrogens (tertiary/aromatic N) is 1. The molecule has 0 fully saturated rings. The first kappa shape index (κ1) is 18.5. The van der Waals surface area contributed by atoms with Crippen LogP contribution in [0.25, 0.3) is 0 Å². The number of carbonyl (C=O) groups excluding carboxylic acids is 2. The summed E-state index contributed by atoms with van der Waals surface area (Å²) < 4.78 is 44.5. The molecule has 1 aromatic carbocycles. The van der Waals surface area contributed by atoms with Crippen molar-refractivity contribution in [3.05, 3.63) is 46.5 Å². The van der Waals surface area contributed by atoms with E-state index in [1.807, 2.05) is 0 Å². The monoisotopic (exact) mass is 405 g/mol. The SMILES string of the molecule is COC(=O)[C@@H]1C=C[C@H](C)[C@@H](c2cccc(Br)c2)N1C(=O)C(F)(F)F. The third-order valence-electron chi connectivity index (χ3n) is 3.80. The summed E-state index contributed by atoms with van der Waals surface area (Å²) >= 11 is 3.27. The Balaban J connectivity index is 2.57. The zero-order valence-electron chi connectivity index (χ0n) is 12.9. The van der Waals surface area contributed by atoms with E-state index in [1.165, 1.54) is 6.08 Å². The Hall–Kier alpha value is -1.83. The molecule has 24 heavy (non-hydrogen) atoms. The van der Waals surface area contributed by atoms with Gasteiger partial charge >= 0.3 is 18.1 Å². The first-order valence-corrected chi connectivity index (χ1v) is 7.87. The van der Waals surface area contributed by atoms with E-state index in [-0.39, 0.29) is 0 Å². The Morgan fingerprint density at radius 1 is 1.25 bits per heavy atom. The third kappa shape index (κ3) is 3.63. The second-order valence-corrected chi connectivity index (χ2v) is 6.34. The summed E-state index contributed by atoms with van der Waals surface area (Å²) in [5.74, 6) is -3.40. The van der Waals surface area contributed by atoms with Gasteiger partial charge in [0.2, 0.25) is 0 Å². The average Bonchev–Trinajstić information content (AvgIpc) is 2.52. The van der Waals surface area contributed by atoms with Crippen LogP contribution in [0.5, 0.6) is 0 Å². The zero-order valence-corrected chi connectivity index (χ0v) is 14.5. The molecular formula is C16H15BrF3NO3. The Morgan fingerprint density at radius 3 is 2.46 bits per heavy atom. The molecule has 2 rings (SSSR count). The molecule has 1 aromatic rings. The van der Waals surface area contributed by atoms with Gasteiger partial charge in [-0.2, -0.15) is 13.2 Å². The lowest BCUT2D eigenvalue weighted by atomic mass is 9.87. The van der Waals surface area contributed by atoms with Crippen molar-refractivity contribution in [1.82, 2.24) is 4.90 Å². The van der Waals surface area contributed by atoms with E-state index in [0.717, 1.165) is 7.11 Å². The Bertz CT molecular complexity index is 675. The van der Waals surface area contributed by atoms with Crippen LogP contribution in [0.1, 0.15) is 18.5 Å². The first-order chi connectivity index (χ1) is 11.2. The van der Waals surface area contributed by atoms with Crippen LogP contribution in [-0.2, 0) is 14.3 Å². The molecule has 0 aromatic heterocycles. The zero-order chi connectivity index (χ0) is 18.1. The number of amides is 1. The van der Waals surface area contributed by atoms with E-state index >= 15 is 0 Å². The highest BCUT2D eigenvalue weighted by Crippen LogP contribution is 2.39. The number of benzene rings is 1.